The third-order valence-electron chi connectivity index (χ3n) is 4.27. The van der Waals surface area contributed by atoms with Crippen LogP contribution in [0.1, 0.15) is 21.5 Å². The van der Waals surface area contributed by atoms with Crippen molar-refractivity contribution >= 4 is 11.6 Å². The highest BCUT2D eigenvalue weighted by Crippen LogP contribution is 2.30. The molecule has 0 aliphatic carbocycles. The van der Waals surface area contributed by atoms with Crippen molar-refractivity contribution in [3.63, 3.8) is 0 Å². The highest BCUT2D eigenvalue weighted by molar-refractivity contribution is 6.04. The molecule has 0 heterocycles. The molecule has 0 fully saturated rings. The number of rotatable bonds is 7. The summed E-state index contributed by atoms with van der Waals surface area (Å²) >= 11 is 0. The van der Waals surface area contributed by atoms with Crippen molar-refractivity contribution in [1.29, 1.82) is 5.26 Å². The minimum Gasteiger partial charge on any atom is -0.493 e. The molecule has 0 atom stereocenters. The fourth-order valence-electron chi connectivity index (χ4n) is 2.76. The first-order valence-electron chi connectivity index (χ1n) is 8.89. The molecule has 0 aliphatic rings. The molecule has 0 spiro atoms. The van der Waals surface area contributed by atoms with Gasteiger partial charge >= 0.3 is 0 Å². The number of methoxy groups -OCH3 is 2. The van der Waals surface area contributed by atoms with Crippen molar-refractivity contribution in [2.24, 2.45) is 0 Å². The number of carbonyl (C=O) groups is 1. The van der Waals surface area contributed by atoms with Gasteiger partial charge in [0, 0.05) is 22.9 Å². The Hall–Kier alpha value is -3.98. The third kappa shape index (κ3) is 4.85. The van der Waals surface area contributed by atoms with Crippen LogP contribution >= 0.6 is 0 Å². The first-order valence-corrected chi connectivity index (χ1v) is 8.89. The van der Waals surface area contributed by atoms with E-state index in [0.717, 1.165) is 5.56 Å². The van der Waals surface area contributed by atoms with E-state index in [0.29, 0.717) is 34.1 Å². The van der Waals surface area contributed by atoms with Crippen LogP contribution < -0.4 is 19.5 Å². The van der Waals surface area contributed by atoms with Crippen LogP contribution in [0.25, 0.3) is 0 Å². The van der Waals surface area contributed by atoms with Crippen LogP contribution in [0.5, 0.6) is 17.2 Å². The molecule has 3 rings (SSSR count). The molecule has 1 amide bonds. The summed E-state index contributed by atoms with van der Waals surface area (Å²) in [6, 6.07) is 21.4. The Balaban J connectivity index is 1.70. The molecule has 1 N–H and O–H groups in total. The van der Waals surface area contributed by atoms with E-state index in [1.54, 1.807) is 61.7 Å². The number of nitriles is 1. The van der Waals surface area contributed by atoms with Gasteiger partial charge in [-0.2, -0.15) is 5.26 Å². The maximum atomic E-state index is 12.6. The second-order valence-electron chi connectivity index (χ2n) is 6.11. The summed E-state index contributed by atoms with van der Waals surface area (Å²) < 4.78 is 16.2. The van der Waals surface area contributed by atoms with Crippen molar-refractivity contribution < 1.29 is 19.0 Å². The van der Waals surface area contributed by atoms with E-state index in [9.17, 15) is 4.79 Å². The largest absolute Gasteiger partial charge is 0.493 e. The number of nitrogens with one attached hydrogen (secondary N) is 1. The summed E-state index contributed by atoms with van der Waals surface area (Å²) in [6.07, 6.45) is 0. The van der Waals surface area contributed by atoms with Crippen LogP contribution in [0.2, 0.25) is 0 Å². The lowest BCUT2D eigenvalue weighted by molar-refractivity contribution is 0.102. The minimum atomic E-state index is -0.278. The molecule has 3 aromatic rings. The van der Waals surface area contributed by atoms with Crippen molar-refractivity contribution in [3.8, 4) is 23.3 Å². The van der Waals surface area contributed by atoms with E-state index >= 15 is 0 Å². The fraction of sp³-hybridized carbons (Fsp3) is 0.130. The number of anilines is 1. The van der Waals surface area contributed by atoms with Crippen LogP contribution in [-0.4, -0.2) is 20.1 Å². The number of amides is 1. The number of carbonyl (C=O) groups excluding carboxylic acids is 1. The zero-order chi connectivity index (χ0) is 20.6. The second-order valence-corrected chi connectivity index (χ2v) is 6.11. The quantitative estimate of drug-likeness (QED) is 0.649. The van der Waals surface area contributed by atoms with Gasteiger partial charge in [0.2, 0.25) is 0 Å². The number of hydrogen-bond donors (Lipinski definition) is 1. The molecular formula is C23H20N2O4. The summed E-state index contributed by atoms with van der Waals surface area (Å²) in [7, 11) is 3.09. The average Bonchev–Trinajstić information content (AvgIpc) is 2.77. The first-order chi connectivity index (χ1) is 14.1. The van der Waals surface area contributed by atoms with Gasteiger partial charge in [0.15, 0.2) is 11.5 Å². The SMILES string of the molecule is COc1ccc(NC(=O)c2cccc(OCc3ccccc3C#N)c2)cc1OC. The zero-order valence-corrected chi connectivity index (χ0v) is 16.1. The van der Waals surface area contributed by atoms with E-state index in [4.69, 9.17) is 19.5 Å². The molecule has 146 valence electrons. The number of ether oxygens (including phenoxy) is 3. The molecule has 29 heavy (non-hydrogen) atoms. The van der Waals surface area contributed by atoms with Crippen LogP contribution in [0.4, 0.5) is 5.69 Å². The predicted octanol–water partition coefficient (Wildman–Crippen LogP) is 4.41. The van der Waals surface area contributed by atoms with Gasteiger partial charge in [-0.25, -0.2) is 0 Å². The van der Waals surface area contributed by atoms with Crippen LogP contribution in [0.3, 0.4) is 0 Å². The number of benzene rings is 3. The van der Waals surface area contributed by atoms with Crippen LogP contribution in [-0.2, 0) is 6.61 Å². The molecule has 6 heteroatoms. The smallest absolute Gasteiger partial charge is 0.255 e. The number of nitrogens with zero attached hydrogens (tertiary/aromatic N) is 1. The Bertz CT molecular complexity index is 1060. The number of hydrogen-bond acceptors (Lipinski definition) is 5. The van der Waals surface area contributed by atoms with E-state index in [1.807, 2.05) is 12.1 Å². The zero-order valence-electron chi connectivity index (χ0n) is 16.1. The molecule has 0 aliphatic heterocycles. The summed E-state index contributed by atoms with van der Waals surface area (Å²) in [5, 5.41) is 12.0. The van der Waals surface area contributed by atoms with Gasteiger partial charge < -0.3 is 19.5 Å². The van der Waals surface area contributed by atoms with Gasteiger partial charge in [-0.3, -0.25) is 4.79 Å². The standard InChI is InChI=1S/C23H20N2O4/c1-27-21-11-10-19(13-22(21)28-2)25-23(26)16-8-5-9-20(12-16)29-15-18-7-4-3-6-17(18)14-24/h3-13H,15H2,1-2H3,(H,25,26). The second kappa shape index (κ2) is 9.29. The molecule has 0 saturated heterocycles. The van der Waals surface area contributed by atoms with Gasteiger partial charge in [-0.15, -0.1) is 0 Å². The van der Waals surface area contributed by atoms with E-state index in [1.165, 1.54) is 7.11 Å². The molecular weight excluding hydrogens is 368 g/mol. The lowest BCUT2D eigenvalue weighted by Gasteiger charge is -2.11. The summed E-state index contributed by atoms with van der Waals surface area (Å²) in [5.41, 5.74) is 2.39. The van der Waals surface area contributed by atoms with Gasteiger partial charge in [0.1, 0.15) is 12.4 Å². The highest BCUT2D eigenvalue weighted by atomic mass is 16.5. The van der Waals surface area contributed by atoms with Gasteiger partial charge in [-0.1, -0.05) is 24.3 Å². The average molecular weight is 388 g/mol. The fourth-order valence-corrected chi connectivity index (χ4v) is 2.76. The molecule has 6 nitrogen and oxygen atoms in total. The molecule has 0 aromatic heterocycles. The van der Waals surface area contributed by atoms with Crippen LogP contribution in [0.15, 0.2) is 66.7 Å². The monoisotopic (exact) mass is 388 g/mol. The van der Waals surface area contributed by atoms with Crippen LogP contribution in [0, 0.1) is 11.3 Å². The third-order valence-corrected chi connectivity index (χ3v) is 4.27. The van der Waals surface area contributed by atoms with E-state index < -0.39 is 0 Å². The van der Waals surface area contributed by atoms with Crippen molar-refractivity contribution in [2.75, 3.05) is 19.5 Å². The van der Waals surface area contributed by atoms with Gasteiger partial charge in [0.25, 0.3) is 5.91 Å². The Morgan fingerprint density at radius 3 is 2.52 bits per heavy atom. The summed E-state index contributed by atoms with van der Waals surface area (Å²) in [6.45, 7) is 0.241. The summed E-state index contributed by atoms with van der Waals surface area (Å²) in [5.74, 6) is 1.37. The van der Waals surface area contributed by atoms with Crippen molar-refractivity contribution in [1.82, 2.24) is 0 Å². The highest BCUT2D eigenvalue weighted by Gasteiger charge is 2.11. The molecule has 0 unspecified atom stereocenters. The first kappa shape index (κ1) is 19.8. The Morgan fingerprint density at radius 2 is 1.76 bits per heavy atom. The van der Waals surface area contributed by atoms with E-state index in [2.05, 4.69) is 11.4 Å². The molecule has 3 aromatic carbocycles. The van der Waals surface area contributed by atoms with Crippen molar-refractivity contribution in [2.45, 2.75) is 6.61 Å². The molecule has 0 saturated carbocycles. The molecule has 0 bridgehead atoms. The normalized spacial score (nSPS) is 9.97. The minimum absolute atomic E-state index is 0.241. The predicted molar refractivity (Wildman–Crippen MR) is 109 cm³/mol. The molecule has 0 radical (unpaired) electrons. The van der Waals surface area contributed by atoms with E-state index in [-0.39, 0.29) is 12.5 Å². The maximum absolute atomic E-state index is 12.6. The Labute approximate surface area is 169 Å². The van der Waals surface area contributed by atoms with Gasteiger partial charge in [-0.05, 0) is 36.4 Å². The Morgan fingerprint density at radius 1 is 0.966 bits per heavy atom. The van der Waals surface area contributed by atoms with Crippen molar-refractivity contribution in [3.05, 3.63) is 83.4 Å². The Kier molecular flexibility index (Phi) is 6.33. The maximum Gasteiger partial charge on any atom is 0.255 e. The topological polar surface area (TPSA) is 80.6 Å². The lowest BCUT2D eigenvalue weighted by atomic mass is 10.1. The summed E-state index contributed by atoms with van der Waals surface area (Å²) in [4.78, 5) is 12.6. The van der Waals surface area contributed by atoms with Gasteiger partial charge in [0.05, 0.1) is 25.9 Å². The lowest BCUT2D eigenvalue weighted by Crippen LogP contribution is -2.12.